The molecular formula is C20H22N2O11. The number of nitro groups is 1. The van der Waals surface area contributed by atoms with Crippen LogP contribution in [0.4, 0.5) is 5.69 Å². The maximum atomic E-state index is 11.8. The van der Waals surface area contributed by atoms with E-state index in [1.54, 1.807) is 0 Å². The Kier molecular flexibility index (Phi) is 8.31. The van der Waals surface area contributed by atoms with E-state index in [0.717, 1.165) is 20.8 Å². The summed E-state index contributed by atoms with van der Waals surface area (Å²) in [5.41, 5.74) is -0.371. The molecule has 0 aliphatic carbocycles. The van der Waals surface area contributed by atoms with E-state index < -0.39 is 53.7 Å². The van der Waals surface area contributed by atoms with Crippen LogP contribution >= 0.6 is 0 Å². The molecule has 1 amide bonds. The van der Waals surface area contributed by atoms with E-state index in [1.807, 2.05) is 0 Å². The summed E-state index contributed by atoms with van der Waals surface area (Å²) in [6.07, 6.45) is -3.89. The van der Waals surface area contributed by atoms with Gasteiger partial charge in [-0.3, -0.25) is 29.3 Å². The van der Waals surface area contributed by atoms with Gasteiger partial charge < -0.3 is 29.0 Å². The monoisotopic (exact) mass is 466 g/mol. The molecule has 2 rings (SSSR count). The topological polar surface area (TPSA) is 170 Å². The molecule has 2 unspecified atom stereocenters. The van der Waals surface area contributed by atoms with Gasteiger partial charge in [-0.05, 0) is 12.1 Å². The van der Waals surface area contributed by atoms with Crippen molar-refractivity contribution in [1.82, 2.24) is 5.32 Å². The molecule has 13 heteroatoms. The van der Waals surface area contributed by atoms with Crippen LogP contribution in [0.15, 0.2) is 35.9 Å². The molecule has 1 heterocycles. The van der Waals surface area contributed by atoms with E-state index in [1.165, 1.54) is 31.2 Å². The summed E-state index contributed by atoms with van der Waals surface area (Å²) in [5, 5.41) is 13.3. The Balaban J connectivity index is 2.54. The lowest BCUT2D eigenvalue weighted by Gasteiger charge is -2.38. The first kappa shape index (κ1) is 25.1. The Morgan fingerprint density at radius 3 is 2.09 bits per heavy atom. The van der Waals surface area contributed by atoms with Gasteiger partial charge in [0, 0.05) is 39.8 Å². The third-order valence-electron chi connectivity index (χ3n) is 4.04. The Morgan fingerprint density at radius 1 is 1.00 bits per heavy atom. The second-order valence-electron chi connectivity index (χ2n) is 6.80. The van der Waals surface area contributed by atoms with Gasteiger partial charge in [-0.1, -0.05) is 0 Å². The molecule has 1 N–H and O–H groups in total. The first-order valence-corrected chi connectivity index (χ1v) is 9.56. The molecular weight excluding hydrogens is 444 g/mol. The van der Waals surface area contributed by atoms with Crippen LogP contribution < -0.4 is 10.1 Å². The highest BCUT2D eigenvalue weighted by Gasteiger charge is 2.47. The van der Waals surface area contributed by atoms with Gasteiger partial charge in [0.15, 0.2) is 18.3 Å². The third-order valence-corrected chi connectivity index (χ3v) is 4.04. The molecule has 1 aromatic rings. The summed E-state index contributed by atoms with van der Waals surface area (Å²) in [4.78, 5) is 56.9. The van der Waals surface area contributed by atoms with Gasteiger partial charge >= 0.3 is 23.9 Å². The van der Waals surface area contributed by atoms with Crippen LogP contribution in [0, 0.1) is 10.1 Å². The van der Waals surface area contributed by atoms with Gasteiger partial charge in [0.1, 0.15) is 18.1 Å². The van der Waals surface area contributed by atoms with Crippen molar-refractivity contribution in [2.75, 3.05) is 6.61 Å². The molecule has 178 valence electrons. The van der Waals surface area contributed by atoms with Crippen LogP contribution in [0.25, 0.3) is 0 Å². The van der Waals surface area contributed by atoms with Crippen molar-refractivity contribution >= 4 is 29.5 Å². The molecule has 0 aromatic heterocycles. The number of ether oxygens (including phenoxy) is 5. The summed E-state index contributed by atoms with van der Waals surface area (Å²) in [5.74, 6) is -3.05. The Labute approximate surface area is 187 Å². The van der Waals surface area contributed by atoms with Gasteiger partial charge in [-0.25, -0.2) is 0 Å². The zero-order chi connectivity index (χ0) is 24.7. The van der Waals surface area contributed by atoms with Gasteiger partial charge in [0.25, 0.3) is 5.69 Å². The second kappa shape index (κ2) is 10.9. The van der Waals surface area contributed by atoms with Crippen molar-refractivity contribution in [1.29, 1.82) is 0 Å². The number of carbonyl (C=O) groups is 4. The molecule has 1 aromatic carbocycles. The largest absolute Gasteiger partial charge is 0.462 e. The zero-order valence-corrected chi connectivity index (χ0v) is 18.2. The predicted molar refractivity (Wildman–Crippen MR) is 107 cm³/mol. The summed E-state index contributed by atoms with van der Waals surface area (Å²) < 4.78 is 26.9. The molecule has 33 heavy (non-hydrogen) atoms. The first-order chi connectivity index (χ1) is 15.5. The lowest BCUT2D eigenvalue weighted by molar-refractivity contribution is -0.384. The number of hydrogen-bond donors (Lipinski definition) is 1. The van der Waals surface area contributed by atoms with Gasteiger partial charge in [0.2, 0.25) is 5.91 Å². The van der Waals surface area contributed by atoms with Crippen LogP contribution in [-0.2, 0) is 38.1 Å². The van der Waals surface area contributed by atoms with E-state index in [9.17, 15) is 29.3 Å². The number of non-ortho nitro benzene ring substituents is 1. The maximum absolute atomic E-state index is 11.8. The minimum absolute atomic E-state index is 0.0807. The summed E-state index contributed by atoms with van der Waals surface area (Å²) in [6, 6.07) is 4.91. The molecule has 13 nitrogen and oxygen atoms in total. The van der Waals surface area contributed by atoms with E-state index >= 15 is 0 Å². The SMILES string of the molecule is CC(=O)NC1=C(Oc2ccc([N+](=O)[O-])cc2)OC(COC(C)=O)[C@H](OC(C)=O)C1OC(C)=O. The Bertz CT molecular complexity index is 971. The molecule has 3 atom stereocenters. The molecule has 1 aliphatic heterocycles. The average molecular weight is 466 g/mol. The number of rotatable bonds is 8. The Morgan fingerprint density at radius 2 is 1.61 bits per heavy atom. The van der Waals surface area contributed by atoms with Crippen LogP contribution in [0.3, 0.4) is 0 Å². The molecule has 0 spiro atoms. The minimum atomic E-state index is -1.39. The molecule has 0 saturated carbocycles. The summed E-state index contributed by atoms with van der Waals surface area (Å²) in [7, 11) is 0. The normalized spacial score (nSPS) is 19.6. The van der Waals surface area contributed by atoms with Crippen LogP contribution in [-0.4, -0.2) is 53.7 Å². The van der Waals surface area contributed by atoms with Crippen molar-refractivity contribution in [2.24, 2.45) is 0 Å². The lowest BCUT2D eigenvalue weighted by atomic mass is 10.0. The van der Waals surface area contributed by atoms with E-state index in [4.69, 9.17) is 23.7 Å². The number of nitrogens with one attached hydrogen (secondary N) is 1. The number of esters is 3. The van der Waals surface area contributed by atoms with Crippen molar-refractivity contribution in [2.45, 2.75) is 46.0 Å². The van der Waals surface area contributed by atoms with Gasteiger partial charge in [0.05, 0.1) is 4.92 Å². The van der Waals surface area contributed by atoms with E-state index in [2.05, 4.69) is 5.32 Å². The zero-order valence-electron chi connectivity index (χ0n) is 18.2. The predicted octanol–water partition coefficient (Wildman–Crippen LogP) is 1.10. The number of nitrogens with zero attached hydrogens (tertiary/aromatic N) is 1. The fraction of sp³-hybridized carbons (Fsp3) is 0.400. The van der Waals surface area contributed by atoms with Crippen LogP contribution in [0.1, 0.15) is 27.7 Å². The number of hydrogen-bond acceptors (Lipinski definition) is 11. The molecule has 0 fully saturated rings. The number of nitro benzene ring substituents is 1. The van der Waals surface area contributed by atoms with Crippen molar-refractivity contribution in [3.8, 4) is 5.75 Å². The van der Waals surface area contributed by atoms with Crippen LogP contribution in [0.2, 0.25) is 0 Å². The maximum Gasteiger partial charge on any atom is 0.309 e. The van der Waals surface area contributed by atoms with Crippen molar-refractivity contribution in [3.63, 3.8) is 0 Å². The lowest BCUT2D eigenvalue weighted by Crippen LogP contribution is -2.54. The highest BCUT2D eigenvalue weighted by molar-refractivity contribution is 5.76. The fourth-order valence-electron chi connectivity index (χ4n) is 2.84. The average Bonchev–Trinajstić information content (AvgIpc) is 2.70. The smallest absolute Gasteiger partial charge is 0.309 e. The highest BCUT2D eigenvalue weighted by atomic mass is 16.7. The van der Waals surface area contributed by atoms with E-state index in [-0.39, 0.29) is 23.1 Å². The molecule has 0 radical (unpaired) electrons. The first-order valence-electron chi connectivity index (χ1n) is 9.56. The number of carbonyl (C=O) groups excluding carboxylic acids is 4. The fourth-order valence-corrected chi connectivity index (χ4v) is 2.84. The standard InChI is InChI=1S/C20H22N2O11/c1-10(23)21-17-19(31-13(4)26)18(30-12(3)25)16(9-29-11(2)24)33-20(17)32-15-7-5-14(6-8-15)22(27)28/h5-8,16,18-19H,9H2,1-4H3,(H,21,23)/t16?,18-,19?/m0/s1. The molecule has 1 aliphatic rings. The van der Waals surface area contributed by atoms with E-state index in [0.29, 0.717) is 0 Å². The quantitative estimate of drug-likeness (QED) is 0.252. The van der Waals surface area contributed by atoms with Gasteiger partial charge in [-0.2, -0.15) is 0 Å². The third kappa shape index (κ3) is 7.19. The number of benzene rings is 1. The molecule has 0 saturated heterocycles. The number of amides is 1. The van der Waals surface area contributed by atoms with Crippen molar-refractivity contribution in [3.05, 3.63) is 46.0 Å². The Hall–Kier alpha value is -4.16. The van der Waals surface area contributed by atoms with Crippen molar-refractivity contribution < 1.29 is 47.8 Å². The van der Waals surface area contributed by atoms with Crippen LogP contribution in [0.5, 0.6) is 5.75 Å². The minimum Gasteiger partial charge on any atom is -0.462 e. The molecule has 0 bridgehead atoms. The highest BCUT2D eigenvalue weighted by Crippen LogP contribution is 2.31. The van der Waals surface area contributed by atoms with Gasteiger partial charge in [-0.15, -0.1) is 0 Å². The summed E-state index contributed by atoms with van der Waals surface area (Å²) in [6.45, 7) is 4.13. The second-order valence-corrected chi connectivity index (χ2v) is 6.80. The summed E-state index contributed by atoms with van der Waals surface area (Å²) >= 11 is 0.